The maximum Gasteiger partial charge on any atom is 0.315 e. The van der Waals surface area contributed by atoms with Crippen LogP contribution >= 0.6 is 0 Å². The molecule has 0 aromatic heterocycles. The fourth-order valence-corrected chi connectivity index (χ4v) is 2.79. The summed E-state index contributed by atoms with van der Waals surface area (Å²) in [6, 6.07) is 5.30. The highest BCUT2D eigenvalue weighted by Crippen LogP contribution is 2.34. The van der Waals surface area contributed by atoms with Crippen molar-refractivity contribution in [3.8, 4) is 17.2 Å². The third-order valence-corrected chi connectivity index (χ3v) is 4.01. The van der Waals surface area contributed by atoms with Crippen molar-refractivity contribution in [3.05, 3.63) is 18.2 Å². The molecule has 2 amide bonds. The molecular weight excluding hydrogens is 326 g/mol. The van der Waals surface area contributed by atoms with Gasteiger partial charge >= 0.3 is 6.03 Å². The number of carbonyl (C=O) groups is 1. The first-order chi connectivity index (χ1) is 12.2. The topological polar surface area (TPSA) is 81.3 Å². The predicted molar refractivity (Wildman–Crippen MR) is 91.3 cm³/mol. The first-order valence-corrected chi connectivity index (χ1v) is 8.57. The van der Waals surface area contributed by atoms with Gasteiger partial charge in [0.1, 0.15) is 12.4 Å². The fourth-order valence-electron chi connectivity index (χ4n) is 2.79. The number of amides is 2. The number of morpholine rings is 1. The van der Waals surface area contributed by atoms with Gasteiger partial charge in [0.2, 0.25) is 6.79 Å². The van der Waals surface area contributed by atoms with Crippen LogP contribution in [0.3, 0.4) is 0 Å². The van der Waals surface area contributed by atoms with Crippen molar-refractivity contribution in [2.24, 2.45) is 0 Å². The summed E-state index contributed by atoms with van der Waals surface area (Å²) in [5, 5.41) is 5.73. The van der Waals surface area contributed by atoms with Gasteiger partial charge in [0, 0.05) is 31.7 Å². The Kier molecular flexibility index (Phi) is 6.19. The molecule has 2 heterocycles. The molecule has 1 fully saturated rings. The van der Waals surface area contributed by atoms with Gasteiger partial charge < -0.3 is 29.6 Å². The van der Waals surface area contributed by atoms with Gasteiger partial charge in [-0.15, -0.1) is 0 Å². The second kappa shape index (κ2) is 8.77. The number of benzene rings is 1. The number of carbonyl (C=O) groups excluding carboxylic acids is 1. The van der Waals surface area contributed by atoms with Crippen LogP contribution in [0.1, 0.15) is 6.92 Å². The summed E-state index contributed by atoms with van der Waals surface area (Å²) in [6.45, 7) is 7.21. The molecule has 25 heavy (non-hydrogen) atoms. The molecule has 1 aromatic carbocycles. The quantitative estimate of drug-likeness (QED) is 0.708. The molecule has 2 aliphatic heterocycles. The van der Waals surface area contributed by atoms with E-state index in [-0.39, 0.29) is 18.9 Å². The molecule has 0 aliphatic carbocycles. The zero-order valence-corrected chi connectivity index (χ0v) is 14.5. The summed E-state index contributed by atoms with van der Waals surface area (Å²) in [5.41, 5.74) is 0. The molecule has 1 saturated heterocycles. The molecule has 1 atom stereocenters. The summed E-state index contributed by atoms with van der Waals surface area (Å²) in [5.74, 6) is 2.09. The Labute approximate surface area is 147 Å². The van der Waals surface area contributed by atoms with Crippen LogP contribution in [0.5, 0.6) is 17.2 Å². The van der Waals surface area contributed by atoms with Crippen molar-refractivity contribution in [2.75, 3.05) is 52.8 Å². The molecule has 0 radical (unpaired) electrons. The van der Waals surface area contributed by atoms with Crippen LogP contribution in [0, 0.1) is 0 Å². The SMILES string of the molecule is CC(CN1CCOCC1)NC(=O)NCCOc1ccc2c(c1)OCO2. The van der Waals surface area contributed by atoms with E-state index in [1.165, 1.54) is 0 Å². The monoisotopic (exact) mass is 351 g/mol. The largest absolute Gasteiger partial charge is 0.492 e. The fraction of sp³-hybridized carbons (Fsp3) is 0.588. The van der Waals surface area contributed by atoms with Crippen LogP contribution in [0.25, 0.3) is 0 Å². The molecule has 0 saturated carbocycles. The molecule has 1 unspecified atom stereocenters. The van der Waals surface area contributed by atoms with Crippen molar-refractivity contribution in [3.63, 3.8) is 0 Å². The molecule has 8 heteroatoms. The second-order valence-electron chi connectivity index (χ2n) is 6.08. The zero-order valence-electron chi connectivity index (χ0n) is 14.5. The minimum Gasteiger partial charge on any atom is -0.492 e. The Hall–Kier alpha value is -2.19. The molecule has 0 bridgehead atoms. The van der Waals surface area contributed by atoms with Gasteiger partial charge in [0.25, 0.3) is 0 Å². The summed E-state index contributed by atoms with van der Waals surface area (Å²) in [7, 11) is 0. The smallest absolute Gasteiger partial charge is 0.315 e. The summed E-state index contributed by atoms with van der Waals surface area (Å²) in [6.07, 6.45) is 0. The third kappa shape index (κ3) is 5.40. The van der Waals surface area contributed by atoms with E-state index in [4.69, 9.17) is 18.9 Å². The van der Waals surface area contributed by atoms with Crippen LogP contribution in [-0.4, -0.2) is 69.8 Å². The number of rotatable bonds is 7. The molecule has 8 nitrogen and oxygen atoms in total. The number of hydrogen-bond donors (Lipinski definition) is 2. The number of nitrogens with one attached hydrogen (secondary N) is 2. The second-order valence-corrected chi connectivity index (χ2v) is 6.08. The van der Waals surface area contributed by atoms with E-state index in [0.717, 1.165) is 38.6 Å². The van der Waals surface area contributed by atoms with Crippen LogP contribution in [0.4, 0.5) is 4.79 Å². The van der Waals surface area contributed by atoms with E-state index >= 15 is 0 Å². The van der Waals surface area contributed by atoms with E-state index in [1.807, 2.05) is 19.1 Å². The highest BCUT2D eigenvalue weighted by Gasteiger charge is 2.15. The molecule has 2 aliphatic rings. The lowest BCUT2D eigenvalue weighted by Gasteiger charge is -2.29. The van der Waals surface area contributed by atoms with E-state index in [0.29, 0.717) is 24.7 Å². The molecule has 1 aromatic rings. The van der Waals surface area contributed by atoms with Crippen molar-refractivity contribution in [1.29, 1.82) is 0 Å². The highest BCUT2D eigenvalue weighted by atomic mass is 16.7. The van der Waals surface area contributed by atoms with E-state index in [1.54, 1.807) is 6.07 Å². The van der Waals surface area contributed by atoms with E-state index in [9.17, 15) is 4.79 Å². The van der Waals surface area contributed by atoms with Crippen molar-refractivity contribution < 1.29 is 23.7 Å². The maximum absolute atomic E-state index is 11.9. The Morgan fingerprint density at radius 3 is 2.92 bits per heavy atom. The van der Waals surface area contributed by atoms with Gasteiger partial charge in [-0.3, -0.25) is 4.90 Å². The lowest BCUT2D eigenvalue weighted by atomic mass is 10.3. The summed E-state index contributed by atoms with van der Waals surface area (Å²) < 4.78 is 21.5. The molecule has 0 spiro atoms. The molecule has 3 rings (SSSR count). The van der Waals surface area contributed by atoms with Crippen LogP contribution in [0.15, 0.2) is 18.2 Å². The predicted octanol–water partition coefficient (Wildman–Crippen LogP) is 0.814. The average molecular weight is 351 g/mol. The standard InChI is InChI=1S/C17H25N3O5/c1-13(11-20-5-8-22-9-6-20)19-17(21)18-4-7-23-14-2-3-15-16(10-14)25-12-24-15/h2-3,10,13H,4-9,11-12H2,1H3,(H2,18,19,21). The van der Waals surface area contributed by atoms with E-state index < -0.39 is 0 Å². The van der Waals surface area contributed by atoms with Crippen molar-refractivity contribution in [1.82, 2.24) is 15.5 Å². The van der Waals surface area contributed by atoms with Crippen LogP contribution in [0.2, 0.25) is 0 Å². The van der Waals surface area contributed by atoms with Gasteiger partial charge in [0.15, 0.2) is 11.5 Å². The van der Waals surface area contributed by atoms with Crippen LogP contribution < -0.4 is 24.8 Å². The highest BCUT2D eigenvalue weighted by molar-refractivity contribution is 5.74. The maximum atomic E-state index is 11.9. The molecular formula is C17H25N3O5. The van der Waals surface area contributed by atoms with Gasteiger partial charge in [-0.2, -0.15) is 0 Å². The Morgan fingerprint density at radius 2 is 2.08 bits per heavy atom. The van der Waals surface area contributed by atoms with Gasteiger partial charge in [-0.1, -0.05) is 0 Å². The first-order valence-electron chi connectivity index (χ1n) is 8.57. The van der Waals surface area contributed by atoms with Gasteiger partial charge in [-0.25, -0.2) is 4.79 Å². The number of fused-ring (bicyclic) bond motifs is 1. The Bertz CT molecular complexity index is 577. The summed E-state index contributed by atoms with van der Waals surface area (Å²) >= 11 is 0. The minimum absolute atomic E-state index is 0.0767. The van der Waals surface area contributed by atoms with Gasteiger partial charge in [-0.05, 0) is 19.1 Å². The molecule has 2 N–H and O–H groups in total. The lowest BCUT2D eigenvalue weighted by Crippen LogP contribution is -2.49. The Balaban J connectivity index is 1.29. The average Bonchev–Trinajstić information content (AvgIpc) is 3.07. The lowest BCUT2D eigenvalue weighted by molar-refractivity contribution is 0.0349. The molecule has 138 valence electrons. The number of ether oxygens (including phenoxy) is 4. The van der Waals surface area contributed by atoms with Crippen LogP contribution in [-0.2, 0) is 4.74 Å². The van der Waals surface area contributed by atoms with E-state index in [2.05, 4.69) is 15.5 Å². The number of hydrogen-bond acceptors (Lipinski definition) is 6. The van der Waals surface area contributed by atoms with Gasteiger partial charge in [0.05, 0.1) is 19.8 Å². The summed E-state index contributed by atoms with van der Waals surface area (Å²) in [4.78, 5) is 14.2. The van der Waals surface area contributed by atoms with Crippen molar-refractivity contribution >= 4 is 6.03 Å². The number of nitrogens with zero attached hydrogens (tertiary/aromatic N) is 1. The minimum atomic E-state index is -0.185. The third-order valence-electron chi connectivity index (χ3n) is 4.01. The normalized spacial score (nSPS) is 17.8. The van der Waals surface area contributed by atoms with Crippen molar-refractivity contribution in [2.45, 2.75) is 13.0 Å². The Morgan fingerprint density at radius 1 is 1.28 bits per heavy atom. The zero-order chi connectivity index (χ0) is 17.5. The number of urea groups is 1. The first kappa shape index (κ1) is 17.6.